The second kappa shape index (κ2) is 8.27. The minimum Gasteiger partial charge on any atom is -0.256 e. The molecular weight excluding hydrogens is 494 g/mol. The fourth-order valence-corrected chi connectivity index (χ4v) is 7.41. The van der Waals surface area contributed by atoms with E-state index >= 15 is 0 Å². The van der Waals surface area contributed by atoms with Gasteiger partial charge in [0, 0.05) is 17.2 Å². The summed E-state index contributed by atoms with van der Waals surface area (Å²) in [5, 5.41) is 10.4. The van der Waals surface area contributed by atoms with Gasteiger partial charge in [0.15, 0.2) is 0 Å². The lowest BCUT2D eigenvalue weighted by molar-refractivity contribution is 0.591. The molecule has 0 amide bonds. The van der Waals surface area contributed by atoms with E-state index in [1.807, 2.05) is 6.20 Å². The van der Waals surface area contributed by atoms with Gasteiger partial charge in [0.25, 0.3) is 0 Å². The maximum atomic E-state index is 5.09. The van der Waals surface area contributed by atoms with Crippen LogP contribution in [0.3, 0.4) is 0 Å². The van der Waals surface area contributed by atoms with Crippen molar-refractivity contribution in [3.05, 3.63) is 126 Å². The van der Waals surface area contributed by atoms with Crippen molar-refractivity contribution < 1.29 is 0 Å². The third kappa shape index (κ3) is 3.39. The molecule has 6 aromatic carbocycles. The average molecular weight is 528 g/mol. The van der Waals surface area contributed by atoms with Gasteiger partial charge in [-0.05, 0) is 82.4 Å². The lowest BCUT2D eigenvalue weighted by Crippen LogP contribution is -2.17. The van der Waals surface area contributed by atoms with Crippen LogP contribution >= 0.6 is 0 Å². The normalized spacial score (nSPS) is 14.2. The highest BCUT2D eigenvalue weighted by Gasteiger charge is 2.39. The molecule has 8 rings (SSSR count). The van der Waals surface area contributed by atoms with Gasteiger partial charge in [0.2, 0.25) is 0 Å². The molecule has 198 valence electrons. The van der Waals surface area contributed by atoms with E-state index in [0.717, 1.165) is 5.69 Å². The molecule has 1 heteroatoms. The summed E-state index contributed by atoms with van der Waals surface area (Å²) in [5.41, 5.74) is 8.99. The second-order valence-electron chi connectivity index (χ2n) is 13.2. The van der Waals surface area contributed by atoms with Gasteiger partial charge in [-0.1, -0.05) is 132 Å². The molecule has 0 atom stereocenters. The van der Waals surface area contributed by atoms with E-state index in [1.165, 1.54) is 76.5 Å². The maximum absolute atomic E-state index is 5.09. The maximum Gasteiger partial charge on any atom is 0.0755 e. The zero-order chi connectivity index (χ0) is 28.1. The van der Waals surface area contributed by atoms with E-state index in [9.17, 15) is 0 Å². The summed E-state index contributed by atoms with van der Waals surface area (Å²) in [4.78, 5) is 5.09. The number of aromatic nitrogens is 1. The van der Waals surface area contributed by atoms with Crippen molar-refractivity contribution in [3.63, 3.8) is 0 Å². The summed E-state index contributed by atoms with van der Waals surface area (Å²) < 4.78 is 0. The molecular formula is C40H33N. The molecule has 0 spiro atoms. The Labute approximate surface area is 241 Å². The molecule has 0 saturated heterocycles. The number of fused-ring (bicyclic) bond motifs is 10. The first kappa shape index (κ1) is 24.3. The highest BCUT2D eigenvalue weighted by atomic mass is 14.7. The number of benzene rings is 6. The van der Waals surface area contributed by atoms with Crippen LogP contribution in [0.4, 0.5) is 0 Å². The Morgan fingerprint density at radius 2 is 1.17 bits per heavy atom. The van der Waals surface area contributed by atoms with Crippen LogP contribution in [0.25, 0.3) is 65.5 Å². The van der Waals surface area contributed by atoms with Crippen molar-refractivity contribution in [1.82, 2.24) is 4.98 Å². The Bertz CT molecular complexity index is 2210. The first-order chi connectivity index (χ1) is 19.7. The first-order valence-corrected chi connectivity index (χ1v) is 14.6. The SMILES string of the molecule is CC(C)(C)c1ccc2c(ccc3c4cccc(-c5nccc6c5C(C)(C)c5c-6ccc6ccccc56)c4ccc23)c1. The first-order valence-electron chi connectivity index (χ1n) is 14.6. The third-order valence-electron chi connectivity index (χ3n) is 9.42. The lowest BCUT2D eigenvalue weighted by Gasteiger charge is -2.25. The third-order valence-corrected chi connectivity index (χ3v) is 9.42. The molecule has 0 radical (unpaired) electrons. The van der Waals surface area contributed by atoms with Gasteiger partial charge in [0.05, 0.1) is 5.69 Å². The van der Waals surface area contributed by atoms with Crippen molar-refractivity contribution in [2.45, 2.75) is 45.4 Å². The highest BCUT2D eigenvalue weighted by molar-refractivity contribution is 6.19. The second-order valence-corrected chi connectivity index (χ2v) is 13.2. The highest BCUT2D eigenvalue weighted by Crippen LogP contribution is 2.54. The zero-order valence-electron chi connectivity index (χ0n) is 24.3. The lowest BCUT2D eigenvalue weighted by atomic mass is 9.78. The Morgan fingerprint density at radius 1 is 0.512 bits per heavy atom. The van der Waals surface area contributed by atoms with Crippen LogP contribution in [-0.2, 0) is 10.8 Å². The molecule has 0 N–H and O–H groups in total. The molecule has 41 heavy (non-hydrogen) atoms. The van der Waals surface area contributed by atoms with Crippen molar-refractivity contribution in [2.75, 3.05) is 0 Å². The van der Waals surface area contributed by atoms with Crippen molar-refractivity contribution in [1.29, 1.82) is 0 Å². The summed E-state index contributed by atoms with van der Waals surface area (Å²) >= 11 is 0. The van der Waals surface area contributed by atoms with Gasteiger partial charge >= 0.3 is 0 Å². The van der Waals surface area contributed by atoms with E-state index in [0.29, 0.717) is 0 Å². The van der Waals surface area contributed by atoms with E-state index < -0.39 is 0 Å². The predicted molar refractivity (Wildman–Crippen MR) is 176 cm³/mol. The van der Waals surface area contributed by atoms with E-state index in [1.54, 1.807) is 0 Å². The fourth-order valence-electron chi connectivity index (χ4n) is 7.41. The Kier molecular flexibility index (Phi) is 4.91. The minimum absolute atomic E-state index is 0.129. The zero-order valence-corrected chi connectivity index (χ0v) is 24.3. The quantitative estimate of drug-likeness (QED) is 0.193. The smallest absolute Gasteiger partial charge is 0.0755 e. The van der Waals surface area contributed by atoms with Crippen LogP contribution in [0.2, 0.25) is 0 Å². The van der Waals surface area contributed by atoms with Gasteiger partial charge in [-0.2, -0.15) is 0 Å². The van der Waals surface area contributed by atoms with Gasteiger partial charge in [-0.25, -0.2) is 0 Å². The van der Waals surface area contributed by atoms with Gasteiger partial charge in [-0.15, -0.1) is 0 Å². The molecule has 1 aliphatic carbocycles. The van der Waals surface area contributed by atoms with Crippen LogP contribution in [0.15, 0.2) is 109 Å². The number of rotatable bonds is 1. The van der Waals surface area contributed by atoms with Crippen molar-refractivity contribution in [3.8, 4) is 22.4 Å². The monoisotopic (exact) mass is 527 g/mol. The van der Waals surface area contributed by atoms with E-state index in [4.69, 9.17) is 4.98 Å². The summed E-state index contributed by atoms with van der Waals surface area (Å²) in [7, 11) is 0. The number of nitrogens with zero attached hydrogens (tertiary/aromatic N) is 1. The minimum atomic E-state index is -0.172. The largest absolute Gasteiger partial charge is 0.256 e. The number of hydrogen-bond donors (Lipinski definition) is 0. The molecule has 0 saturated carbocycles. The molecule has 1 nitrogen and oxygen atoms in total. The van der Waals surface area contributed by atoms with Crippen molar-refractivity contribution in [2.24, 2.45) is 0 Å². The molecule has 1 aromatic heterocycles. The summed E-state index contributed by atoms with van der Waals surface area (Å²) in [5.74, 6) is 0. The molecule has 7 aromatic rings. The summed E-state index contributed by atoms with van der Waals surface area (Å²) in [6.07, 6.45) is 1.99. The van der Waals surface area contributed by atoms with Gasteiger partial charge in [0.1, 0.15) is 0 Å². The molecule has 0 bridgehead atoms. The van der Waals surface area contributed by atoms with Crippen molar-refractivity contribution >= 4 is 43.1 Å². The van der Waals surface area contributed by atoms with Gasteiger partial charge in [-0.3, -0.25) is 4.98 Å². The Balaban J connectivity index is 1.37. The van der Waals surface area contributed by atoms with Crippen LogP contribution in [-0.4, -0.2) is 4.98 Å². The topological polar surface area (TPSA) is 12.9 Å². The van der Waals surface area contributed by atoms with Crippen LogP contribution < -0.4 is 0 Å². The average Bonchev–Trinajstić information content (AvgIpc) is 3.22. The molecule has 0 unspecified atom stereocenters. The number of pyridine rings is 1. The Hall–Kier alpha value is -4.49. The van der Waals surface area contributed by atoms with Crippen LogP contribution in [0.1, 0.15) is 51.3 Å². The molecule has 1 aliphatic rings. The van der Waals surface area contributed by atoms with Gasteiger partial charge < -0.3 is 0 Å². The fraction of sp³-hybridized carbons (Fsp3) is 0.175. The van der Waals surface area contributed by atoms with E-state index in [2.05, 4.69) is 138 Å². The summed E-state index contributed by atoms with van der Waals surface area (Å²) in [6.45, 7) is 11.6. The van der Waals surface area contributed by atoms with E-state index in [-0.39, 0.29) is 10.8 Å². The van der Waals surface area contributed by atoms with Crippen LogP contribution in [0, 0.1) is 0 Å². The molecule has 1 heterocycles. The molecule has 0 fully saturated rings. The predicted octanol–water partition coefficient (Wildman–Crippen LogP) is 11.0. The Morgan fingerprint density at radius 3 is 2.02 bits per heavy atom. The molecule has 0 aliphatic heterocycles. The van der Waals surface area contributed by atoms with Crippen LogP contribution in [0.5, 0.6) is 0 Å². The standard InChI is InChI=1S/C40H33N/c1-39(2,3)26-15-18-27-25(23-26)14-16-31-29-11-8-12-35(32(29)20-19-30(27)31)38-37-34(21-22-41-38)33-17-13-24-9-6-7-10-28(24)36(33)40(37,4)5/h6-23H,1-5H3. The number of hydrogen-bond acceptors (Lipinski definition) is 1. The summed E-state index contributed by atoms with van der Waals surface area (Å²) in [6, 6.07) is 38.5.